The molecule has 0 fully saturated rings. The molecule has 0 spiro atoms. The SMILES string of the molecule is Brc1ccccc1CNCc1ccccc1Br. The normalized spacial score (nSPS) is 10.5. The van der Waals surface area contributed by atoms with Crippen LogP contribution >= 0.6 is 31.9 Å². The van der Waals surface area contributed by atoms with Gasteiger partial charge >= 0.3 is 0 Å². The molecule has 0 aromatic heterocycles. The van der Waals surface area contributed by atoms with E-state index in [2.05, 4.69) is 73.6 Å². The number of halogens is 2. The van der Waals surface area contributed by atoms with E-state index >= 15 is 0 Å². The maximum Gasteiger partial charge on any atom is 0.0220 e. The van der Waals surface area contributed by atoms with Gasteiger partial charge in [0.15, 0.2) is 0 Å². The van der Waals surface area contributed by atoms with Gasteiger partial charge in [0, 0.05) is 22.0 Å². The van der Waals surface area contributed by atoms with Gasteiger partial charge in [-0.15, -0.1) is 0 Å². The third-order valence-electron chi connectivity index (χ3n) is 2.55. The fraction of sp³-hybridized carbons (Fsp3) is 0.143. The van der Waals surface area contributed by atoms with Crippen molar-refractivity contribution in [1.82, 2.24) is 5.32 Å². The Morgan fingerprint density at radius 2 is 1.12 bits per heavy atom. The molecule has 0 saturated carbocycles. The topological polar surface area (TPSA) is 12.0 Å². The minimum absolute atomic E-state index is 0.864. The molecule has 2 rings (SSSR count). The van der Waals surface area contributed by atoms with Gasteiger partial charge < -0.3 is 5.32 Å². The Morgan fingerprint density at radius 1 is 0.706 bits per heavy atom. The Kier molecular flexibility index (Phi) is 4.77. The van der Waals surface area contributed by atoms with Gasteiger partial charge in [-0.05, 0) is 23.3 Å². The first kappa shape index (κ1) is 12.8. The second-order valence-electron chi connectivity index (χ2n) is 3.79. The first-order chi connectivity index (χ1) is 8.27. The van der Waals surface area contributed by atoms with Crippen LogP contribution in [0.25, 0.3) is 0 Å². The van der Waals surface area contributed by atoms with Crippen LogP contribution in [-0.4, -0.2) is 0 Å². The van der Waals surface area contributed by atoms with Crippen LogP contribution in [0.2, 0.25) is 0 Å². The summed E-state index contributed by atoms with van der Waals surface area (Å²) in [7, 11) is 0. The zero-order chi connectivity index (χ0) is 12.1. The van der Waals surface area contributed by atoms with Gasteiger partial charge in [-0.25, -0.2) is 0 Å². The summed E-state index contributed by atoms with van der Waals surface area (Å²) in [4.78, 5) is 0. The molecule has 0 unspecified atom stereocenters. The average molecular weight is 355 g/mol. The maximum atomic E-state index is 3.55. The summed E-state index contributed by atoms with van der Waals surface area (Å²) in [5, 5.41) is 3.44. The highest BCUT2D eigenvalue weighted by atomic mass is 79.9. The molecule has 0 bridgehead atoms. The highest BCUT2D eigenvalue weighted by Crippen LogP contribution is 2.17. The second kappa shape index (κ2) is 6.34. The van der Waals surface area contributed by atoms with Crippen LogP contribution in [0, 0.1) is 0 Å². The molecule has 88 valence electrons. The van der Waals surface area contributed by atoms with Crippen molar-refractivity contribution in [2.75, 3.05) is 0 Å². The first-order valence-electron chi connectivity index (χ1n) is 5.45. The summed E-state index contributed by atoms with van der Waals surface area (Å²) >= 11 is 7.10. The second-order valence-corrected chi connectivity index (χ2v) is 5.50. The van der Waals surface area contributed by atoms with Crippen LogP contribution in [0.3, 0.4) is 0 Å². The van der Waals surface area contributed by atoms with Crippen molar-refractivity contribution in [2.24, 2.45) is 0 Å². The van der Waals surface area contributed by atoms with E-state index < -0.39 is 0 Å². The van der Waals surface area contributed by atoms with Crippen molar-refractivity contribution in [1.29, 1.82) is 0 Å². The number of rotatable bonds is 4. The summed E-state index contributed by atoms with van der Waals surface area (Å²) in [5.74, 6) is 0. The molecule has 3 heteroatoms. The lowest BCUT2D eigenvalue weighted by molar-refractivity contribution is 0.690. The van der Waals surface area contributed by atoms with Crippen molar-refractivity contribution < 1.29 is 0 Å². The zero-order valence-electron chi connectivity index (χ0n) is 9.29. The Bertz CT molecular complexity index is 452. The first-order valence-corrected chi connectivity index (χ1v) is 7.03. The minimum atomic E-state index is 0.864. The largest absolute Gasteiger partial charge is 0.309 e. The van der Waals surface area contributed by atoms with E-state index in [1.807, 2.05) is 12.1 Å². The summed E-state index contributed by atoms with van der Waals surface area (Å²) in [6.07, 6.45) is 0. The van der Waals surface area contributed by atoms with E-state index in [9.17, 15) is 0 Å². The van der Waals surface area contributed by atoms with Crippen LogP contribution in [0.15, 0.2) is 57.5 Å². The molecule has 1 N–H and O–H groups in total. The molecule has 17 heavy (non-hydrogen) atoms. The molecule has 0 atom stereocenters. The lowest BCUT2D eigenvalue weighted by Gasteiger charge is -2.08. The minimum Gasteiger partial charge on any atom is -0.309 e. The predicted octanol–water partition coefficient (Wildman–Crippen LogP) is 4.50. The van der Waals surface area contributed by atoms with Crippen LogP contribution in [0.4, 0.5) is 0 Å². The Labute approximate surface area is 119 Å². The quantitative estimate of drug-likeness (QED) is 0.852. The monoisotopic (exact) mass is 353 g/mol. The molecule has 0 heterocycles. The fourth-order valence-corrected chi connectivity index (χ4v) is 2.47. The molecule has 2 aromatic rings. The molecule has 0 radical (unpaired) electrons. The fourth-order valence-electron chi connectivity index (χ4n) is 1.62. The summed E-state index contributed by atoms with van der Waals surface area (Å²) in [6.45, 7) is 1.73. The van der Waals surface area contributed by atoms with E-state index in [1.54, 1.807) is 0 Å². The average Bonchev–Trinajstić information content (AvgIpc) is 2.34. The number of nitrogens with one attached hydrogen (secondary N) is 1. The van der Waals surface area contributed by atoms with Gasteiger partial charge in [0.1, 0.15) is 0 Å². The number of benzene rings is 2. The molecule has 0 amide bonds. The molecule has 0 aliphatic heterocycles. The Balaban J connectivity index is 1.93. The van der Waals surface area contributed by atoms with E-state index in [0.29, 0.717) is 0 Å². The van der Waals surface area contributed by atoms with Crippen molar-refractivity contribution in [3.05, 3.63) is 68.6 Å². The Morgan fingerprint density at radius 3 is 1.53 bits per heavy atom. The molecular weight excluding hydrogens is 342 g/mol. The van der Waals surface area contributed by atoms with Crippen LogP contribution in [0.1, 0.15) is 11.1 Å². The zero-order valence-corrected chi connectivity index (χ0v) is 12.5. The Hall–Kier alpha value is -0.640. The smallest absolute Gasteiger partial charge is 0.0220 e. The number of hydrogen-bond donors (Lipinski definition) is 1. The van der Waals surface area contributed by atoms with Gasteiger partial charge in [-0.3, -0.25) is 0 Å². The van der Waals surface area contributed by atoms with Crippen molar-refractivity contribution >= 4 is 31.9 Å². The molecule has 0 aliphatic rings. The molecular formula is C14H13Br2N. The maximum absolute atomic E-state index is 3.55. The molecule has 1 nitrogen and oxygen atoms in total. The number of hydrogen-bond acceptors (Lipinski definition) is 1. The molecule has 0 aliphatic carbocycles. The van der Waals surface area contributed by atoms with E-state index in [1.165, 1.54) is 11.1 Å². The van der Waals surface area contributed by atoms with Crippen molar-refractivity contribution in [2.45, 2.75) is 13.1 Å². The van der Waals surface area contributed by atoms with E-state index in [4.69, 9.17) is 0 Å². The van der Waals surface area contributed by atoms with Crippen molar-refractivity contribution in [3.8, 4) is 0 Å². The lowest BCUT2D eigenvalue weighted by Crippen LogP contribution is -2.13. The lowest BCUT2D eigenvalue weighted by atomic mass is 10.2. The summed E-state index contributed by atoms with van der Waals surface area (Å²) < 4.78 is 2.30. The van der Waals surface area contributed by atoms with Gasteiger partial charge in [-0.1, -0.05) is 68.3 Å². The van der Waals surface area contributed by atoms with Crippen LogP contribution in [0.5, 0.6) is 0 Å². The summed E-state index contributed by atoms with van der Waals surface area (Å²) in [6, 6.07) is 16.5. The molecule has 2 aromatic carbocycles. The van der Waals surface area contributed by atoms with Gasteiger partial charge in [0.25, 0.3) is 0 Å². The third-order valence-corrected chi connectivity index (χ3v) is 4.09. The van der Waals surface area contributed by atoms with Gasteiger partial charge in [-0.2, -0.15) is 0 Å². The van der Waals surface area contributed by atoms with E-state index in [-0.39, 0.29) is 0 Å². The summed E-state index contributed by atoms with van der Waals surface area (Å²) in [5.41, 5.74) is 2.55. The highest BCUT2D eigenvalue weighted by molar-refractivity contribution is 9.10. The van der Waals surface area contributed by atoms with Crippen molar-refractivity contribution in [3.63, 3.8) is 0 Å². The van der Waals surface area contributed by atoms with Gasteiger partial charge in [0.2, 0.25) is 0 Å². The van der Waals surface area contributed by atoms with Crippen LogP contribution in [-0.2, 0) is 13.1 Å². The van der Waals surface area contributed by atoms with Gasteiger partial charge in [0.05, 0.1) is 0 Å². The third kappa shape index (κ3) is 3.66. The van der Waals surface area contributed by atoms with Crippen LogP contribution < -0.4 is 5.32 Å². The standard InChI is InChI=1S/C14H13Br2N/c15-13-7-3-1-5-11(13)9-17-10-12-6-2-4-8-14(12)16/h1-8,17H,9-10H2. The predicted molar refractivity (Wildman–Crippen MR) is 78.8 cm³/mol. The van der Waals surface area contributed by atoms with E-state index in [0.717, 1.165) is 22.0 Å². The molecule has 0 saturated heterocycles. The highest BCUT2D eigenvalue weighted by Gasteiger charge is 2.00.